The van der Waals surface area contributed by atoms with Crippen molar-refractivity contribution in [1.29, 1.82) is 0 Å². The molecule has 0 radical (unpaired) electrons. The van der Waals surface area contributed by atoms with Gasteiger partial charge < -0.3 is 18.9 Å². The third kappa shape index (κ3) is 3.85. The summed E-state index contributed by atoms with van der Waals surface area (Å²) in [6.07, 6.45) is 0. The second-order valence-electron chi connectivity index (χ2n) is 7.32. The SMILES string of the molecule is COc1cccc(OC)c1-c1sc(-c2cc(C)c(-c3c(OC)cccc3OC)s2)cc1C. The molecular formula is C26H26O4S2. The summed E-state index contributed by atoms with van der Waals surface area (Å²) in [6, 6.07) is 16.2. The number of methoxy groups -OCH3 is 4. The lowest BCUT2D eigenvalue weighted by Gasteiger charge is -2.12. The molecule has 32 heavy (non-hydrogen) atoms. The van der Waals surface area contributed by atoms with Crippen molar-refractivity contribution in [2.75, 3.05) is 28.4 Å². The molecule has 0 N–H and O–H groups in total. The van der Waals surface area contributed by atoms with E-state index in [4.69, 9.17) is 18.9 Å². The minimum atomic E-state index is 0.808. The Balaban J connectivity index is 1.83. The maximum Gasteiger partial charge on any atom is 0.131 e. The zero-order valence-corrected chi connectivity index (χ0v) is 20.7. The molecule has 2 aromatic carbocycles. The van der Waals surface area contributed by atoms with Crippen LogP contribution in [0.1, 0.15) is 11.1 Å². The molecule has 4 nitrogen and oxygen atoms in total. The van der Waals surface area contributed by atoms with Crippen molar-refractivity contribution in [2.45, 2.75) is 13.8 Å². The molecule has 2 aromatic heterocycles. The number of thiophene rings is 2. The number of rotatable bonds is 7. The van der Waals surface area contributed by atoms with Crippen molar-refractivity contribution >= 4 is 22.7 Å². The molecule has 0 saturated carbocycles. The highest BCUT2D eigenvalue weighted by molar-refractivity contribution is 7.25. The summed E-state index contributed by atoms with van der Waals surface area (Å²) < 4.78 is 22.6. The molecular weight excluding hydrogens is 440 g/mol. The van der Waals surface area contributed by atoms with Crippen LogP contribution in [0, 0.1) is 13.8 Å². The number of ether oxygens (including phenoxy) is 4. The predicted octanol–water partition coefficient (Wildman–Crippen LogP) is 7.46. The van der Waals surface area contributed by atoms with E-state index < -0.39 is 0 Å². The summed E-state index contributed by atoms with van der Waals surface area (Å²) in [4.78, 5) is 4.71. The van der Waals surface area contributed by atoms with Gasteiger partial charge in [-0.2, -0.15) is 0 Å². The van der Waals surface area contributed by atoms with E-state index in [1.165, 1.54) is 20.9 Å². The first-order valence-corrected chi connectivity index (χ1v) is 11.8. The first kappa shape index (κ1) is 22.2. The van der Waals surface area contributed by atoms with Crippen LogP contribution in [-0.4, -0.2) is 28.4 Å². The molecule has 0 spiro atoms. The lowest BCUT2D eigenvalue weighted by Crippen LogP contribution is -1.92. The van der Waals surface area contributed by atoms with Crippen molar-refractivity contribution in [3.8, 4) is 53.6 Å². The van der Waals surface area contributed by atoms with Gasteiger partial charge in [0.1, 0.15) is 23.0 Å². The fraction of sp³-hybridized carbons (Fsp3) is 0.231. The fourth-order valence-electron chi connectivity index (χ4n) is 3.85. The molecule has 4 aromatic rings. The van der Waals surface area contributed by atoms with Crippen LogP contribution in [0.2, 0.25) is 0 Å². The smallest absolute Gasteiger partial charge is 0.131 e. The van der Waals surface area contributed by atoms with Gasteiger partial charge in [-0.15, -0.1) is 22.7 Å². The van der Waals surface area contributed by atoms with Gasteiger partial charge in [-0.05, 0) is 61.4 Å². The van der Waals surface area contributed by atoms with Crippen molar-refractivity contribution in [1.82, 2.24) is 0 Å². The Hall–Kier alpha value is -2.96. The molecule has 0 bridgehead atoms. The fourth-order valence-corrected chi connectivity index (χ4v) is 6.38. The molecule has 0 atom stereocenters. The summed E-state index contributed by atoms with van der Waals surface area (Å²) >= 11 is 3.50. The van der Waals surface area contributed by atoms with Crippen LogP contribution in [0.5, 0.6) is 23.0 Å². The molecule has 166 valence electrons. The van der Waals surface area contributed by atoms with Gasteiger partial charge in [-0.25, -0.2) is 0 Å². The number of aryl methyl sites for hydroxylation is 2. The Labute approximate surface area is 197 Å². The van der Waals surface area contributed by atoms with Crippen LogP contribution in [0.3, 0.4) is 0 Å². The number of benzene rings is 2. The second-order valence-corrected chi connectivity index (χ2v) is 9.43. The van der Waals surface area contributed by atoms with Crippen molar-refractivity contribution in [3.63, 3.8) is 0 Å². The summed E-state index contributed by atoms with van der Waals surface area (Å²) in [5.41, 5.74) is 4.36. The standard InChI is InChI=1S/C26H26O4S2/c1-15-13-21(31-25(15)23-17(27-3)9-7-10-18(23)28-4)22-14-16(2)26(32-22)24-19(29-5)11-8-12-20(24)30-6/h7-14H,1-6H3. The highest BCUT2D eigenvalue weighted by atomic mass is 32.1. The van der Waals surface area contributed by atoms with E-state index in [0.29, 0.717) is 0 Å². The average Bonchev–Trinajstić information content (AvgIpc) is 3.39. The minimum Gasteiger partial charge on any atom is -0.496 e. The Morgan fingerprint density at radius 3 is 1.12 bits per heavy atom. The van der Waals surface area contributed by atoms with Gasteiger partial charge in [0.05, 0.1) is 39.6 Å². The van der Waals surface area contributed by atoms with Crippen molar-refractivity contribution in [3.05, 3.63) is 59.7 Å². The van der Waals surface area contributed by atoms with Crippen LogP contribution in [0.25, 0.3) is 30.6 Å². The lowest BCUT2D eigenvalue weighted by atomic mass is 10.1. The van der Waals surface area contributed by atoms with E-state index in [1.807, 2.05) is 36.4 Å². The van der Waals surface area contributed by atoms with Gasteiger partial charge >= 0.3 is 0 Å². The zero-order chi connectivity index (χ0) is 22.8. The van der Waals surface area contributed by atoms with Crippen molar-refractivity contribution in [2.24, 2.45) is 0 Å². The minimum absolute atomic E-state index is 0.808. The van der Waals surface area contributed by atoms with Crippen LogP contribution >= 0.6 is 22.7 Å². The highest BCUT2D eigenvalue weighted by Gasteiger charge is 2.21. The Morgan fingerprint density at radius 2 is 0.844 bits per heavy atom. The van der Waals surface area contributed by atoms with Gasteiger partial charge in [0.15, 0.2) is 0 Å². The van der Waals surface area contributed by atoms with E-state index in [0.717, 1.165) is 43.9 Å². The molecule has 0 aliphatic rings. The molecule has 0 fully saturated rings. The molecule has 4 rings (SSSR count). The van der Waals surface area contributed by atoms with Crippen molar-refractivity contribution < 1.29 is 18.9 Å². The largest absolute Gasteiger partial charge is 0.496 e. The lowest BCUT2D eigenvalue weighted by molar-refractivity contribution is 0.397. The van der Waals surface area contributed by atoms with E-state index in [9.17, 15) is 0 Å². The molecule has 0 aliphatic carbocycles. The number of hydrogen-bond donors (Lipinski definition) is 0. The maximum atomic E-state index is 5.65. The molecule has 0 saturated heterocycles. The van der Waals surface area contributed by atoms with Crippen LogP contribution in [-0.2, 0) is 0 Å². The molecule has 0 unspecified atom stereocenters. The van der Waals surface area contributed by atoms with Crippen LogP contribution in [0.15, 0.2) is 48.5 Å². The van der Waals surface area contributed by atoms with Gasteiger partial charge in [0.2, 0.25) is 0 Å². The third-order valence-electron chi connectivity index (χ3n) is 5.39. The monoisotopic (exact) mass is 466 g/mol. The van der Waals surface area contributed by atoms with E-state index in [1.54, 1.807) is 51.1 Å². The predicted molar refractivity (Wildman–Crippen MR) is 134 cm³/mol. The third-order valence-corrected chi connectivity index (χ3v) is 8.09. The second kappa shape index (κ2) is 9.27. The highest BCUT2D eigenvalue weighted by Crippen LogP contribution is 2.50. The topological polar surface area (TPSA) is 36.9 Å². The Kier molecular flexibility index (Phi) is 6.44. The van der Waals surface area contributed by atoms with Gasteiger partial charge in [0.25, 0.3) is 0 Å². The zero-order valence-electron chi connectivity index (χ0n) is 19.1. The van der Waals surface area contributed by atoms with E-state index >= 15 is 0 Å². The maximum absolute atomic E-state index is 5.65. The van der Waals surface area contributed by atoms with Gasteiger partial charge in [-0.3, -0.25) is 0 Å². The normalized spacial score (nSPS) is 10.8. The molecule has 0 aliphatic heterocycles. The van der Waals surface area contributed by atoms with Gasteiger partial charge in [-0.1, -0.05) is 12.1 Å². The van der Waals surface area contributed by atoms with Gasteiger partial charge in [0, 0.05) is 19.5 Å². The quantitative estimate of drug-likeness (QED) is 0.283. The Morgan fingerprint density at radius 1 is 0.531 bits per heavy atom. The summed E-state index contributed by atoms with van der Waals surface area (Å²) in [7, 11) is 6.77. The molecule has 2 heterocycles. The first-order valence-electron chi connectivity index (χ1n) is 10.2. The summed E-state index contributed by atoms with van der Waals surface area (Å²) in [6.45, 7) is 4.26. The van der Waals surface area contributed by atoms with E-state index in [-0.39, 0.29) is 0 Å². The average molecular weight is 467 g/mol. The summed E-state index contributed by atoms with van der Waals surface area (Å²) in [5.74, 6) is 3.23. The first-order chi connectivity index (χ1) is 15.5. The molecule has 0 amide bonds. The summed E-state index contributed by atoms with van der Waals surface area (Å²) in [5, 5.41) is 0. The Bertz CT molecular complexity index is 1110. The van der Waals surface area contributed by atoms with Crippen LogP contribution in [0.4, 0.5) is 0 Å². The van der Waals surface area contributed by atoms with Crippen LogP contribution < -0.4 is 18.9 Å². The van der Waals surface area contributed by atoms with E-state index in [2.05, 4.69) is 26.0 Å². The molecule has 6 heteroatoms. The number of hydrogen-bond acceptors (Lipinski definition) is 6.